The summed E-state index contributed by atoms with van der Waals surface area (Å²) in [5.41, 5.74) is 5.24. The molecule has 4 heteroatoms. The fourth-order valence-electron chi connectivity index (χ4n) is 0.416. The normalized spacial score (nSPS) is 12.3. The van der Waals surface area contributed by atoms with E-state index >= 15 is 0 Å². The lowest BCUT2D eigenvalue weighted by Gasteiger charge is -2.01. The lowest BCUT2D eigenvalue weighted by atomic mass is 10.2. The van der Waals surface area contributed by atoms with Gasteiger partial charge >= 0.3 is 0 Å². The molecule has 0 saturated heterocycles. The molecule has 0 spiro atoms. The Bertz CT molecular complexity index is 51.5. The van der Waals surface area contributed by atoms with Gasteiger partial charge in [0.15, 0.2) is 0 Å². The van der Waals surface area contributed by atoms with Crippen LogP contribution in [0.1, 0.15) is 12.8 Å². The van der Waals surface area contributed by atoms with E-state index in [1.165, 1.54) is 0 Å². The highest BCUT2D eigenvalue weighted by molar-refractivity contribution is 6.21. The second kappa shape index (κ2) is 8.83. The Balaban J connectivity index is 0. The number of hydrogen-bond acceptors (Lipinski definition) is 1. The van der Waals surface area contributed by atoms with Crippen LogP contribution < -0.4 is 18.1 Å². The molecule has 1 atom stereocenters. The minimum absolute atomic E-state index is 0. The minimum Gasteiger partial charge on any atom is -1.00 e. The highest BCUT2D eigenvalue weighted by Crippen LogP contribution is 2.03. The Labute approximate surface area is 72.3 Å². The molecule has 0 aliphatic rings. The maximum atomic E-state index is 5.66. The summed E-state index contributed by atoms with van der Waals surface area (Å²) >= 11 is 11.1. The standard InChI is InChI=1S/C5H11Cl2N.ClH/c6-3-1-2-5(7)4-8;/h5H,1-4,8H2;1H/p-1. The quantitative estimate of drug-likeness (QED) is 0.542. The molecule has 0 aliphatic heterocycles. The molecule has 9 heavy (non-hydrogen) atoms. The molecule has 0 bridgehead atoms. The minimum atomic E-state index is 0. The lowest BCUT2D eigenvalue weighted by Crippen LogP contribution is -3.00. The van der Waals surface area contributed by atoms with Crippen LogP contribution in [-0.2, 0) is 0 Å². The van der Waals surface area contributed by atoms with Gasteiger partial charge in [0.1, 0.15) is 0 Å². The second-order valence-electron chi connectivity index (χ2n) is 1.66. The van der Waals surface area contributed by atoms with Crippen molar-refractivity contribution >= 4 is 23.2 Å². The van der Waals surface area contributed by atoms with Gasteiger partial charge in [0.05, 0.1) is 0 Å². The van der Waals surface area contributed by atoms with Crippen molar-refractivity contribution in [2.75, 3.05) is 12.4 Å². The first-order valence-corrected chi connectivity index (χ1v) is 3.68. The summed E-state index contributed by atoms with van der Waals surface area (Å²) in [6, 6.07) is 0. The van der Waals surface area contributed by atoms with Crippen LogP contribution >= 0.6 is 23.2 Å². The molecular formula is C5H11Cl3N-. The molecule has 0 amide bonds. The van der Waals surface area contributed by atoms with E-state index in [0.717, 1.165) is 12.8 Å². The van der Waals surface area contributed by atoms with Gasteiger partial charge in [-0.15, -0.1) is 23.2 Å². The molecule has 1 nitrogen and oxygen atoms in total. The van der Waals surface area contributed by atoms with Crippen molar-refractivity contribution in [1.29, 1.82) is 0 Å². The zero-order valence-electron chi connectivity index (χ0n) is 5.12. The van der Waals surface area contributed by atoms with E-state index in [-0.39, 0.29) is 17.8 Å². The van der Waals surface area contributed by atoms with E-state index in [2.05, 4.69) is 0 Å². The van der Waals surface area contributed by atoms with Gasteiger partial charge in [-0.25, -0.2) is 0 Å². The third kappa shape index (κ3) is 8.83. The van der Waals surface area contributed by atoms with Crippen molar-refractivity contribution in [3.63, 3.8) is 0 Å². The fourth-order valence-corrected chi connectivity index (χ4v) is 0.725. The highest BCUT2D eigenvalue weighted by atomic mass is 35.5. The van der Waals surface area contributed by atoms with Crippen LogP contribution in [-0.4, -0.2) is 17.8 Å². The van der Waals surface area contributed by atoms with Gasteiger partial charge in [0.25, 0.3) is 0 Å². The van der Waals surface area contributed by atoms with Crippen molar-refractivity contribution in [2.24, 2.45) is 5.73 Å². The monoisotopic (exact) mass is 190 g/mol. The molecule has 0 aromatic rings. The summed E-state index contributed by atoms with van der Waals surface area (Å²) in [5, 5.41) is 0.119. The first-order chi connectivity index (χ1) is 3.81. The smallest absolute Gasteiger partial charge is 0.0458 e. The molecule has 0 fully saturated rings. The van der Waals surface area contributed by atoms with Crippen molar-refractivity contribution < 1.29 is 12.4 Å². The second-order valence-corrected chi connectivity index (χ2v) is 2.66. The summed E-state index contributed by atoms with van der Waals surface area (Å²) in [6.45, 7) is 0.554. The third-order valence-electron chi connectivity index (χ3n) is 0.907. The molecule has 0 rings (SSSR count). The average Bonchev–Trinajstić information content (AvgIpc) is 1.83. The third-order valence-corrected chi connectivity index (χ3v) is 1.57. The zero-order valence-corrected chi connectivity index (χ0v) is 7.38. The maximum Gasteiger partial charge on any atom is 0.0458 e. The van der Waals surface area contributed by atoms with Gasteiger partial charge in [-0.3, -0.25) is 0 Å². The molecule has 0 saturated carbocycles. The predicted molar refractivity (Wildman–Crippen MR) is 38.6 cm³/mol. The molecular weight excluding hydrogens is 180 g/mol. The molecule has 1 unspecified atom stereocenters. The van der Waals surface area contributed by atoms with Crippen molar-refractivity contribution in [3.05, 3.63) is 0 Å². The first-order valence-electron chi connectivity index (χ1n) is 2.71. The number of halogens is 3. The van der Waals surface area contributed by atoms with Crippen LogP contribution in [0.3, 0.4) is 0 Å². The molecule has 0 aromatic heterocycles. The predicted octanol–water partition coefficient (Wildman–Crippen LogP) is -1.42. The van der Waals surface area contributed by atoms with Crippen molar-refractivity contribution in [1.82, 2.24) is 0 Å². The van der Waals surface area contributed by atoms with E-state index < -0.39 is 0 Å². The summed E-state index contributed by atoms with van der Waals surface area (Å²) in [7, 11) is 0. The van der Waals surface area contributed by atoms with E-state index in [1.807, 2.05) is 0 Å². The van der Waals surface area contributed by atoms with E-state index in [9.17, 15) is 0 Å². The van der Waals surface area contributed by atoms with Gasteiger partial charge in [-0.1, -0.05) is 0 Å². The summed E-state index contributed by atoms with van der Waals surface area (Å²) in [6.07, 6.45) is 1.90. The van der Waals surface area contributed by atoms with E-state index in [0.29, 0.717) is 12.4 Å². The average molecular weight is 192 g/mol. The van der Waals surface area contributed by atoms with Crippen molar-refractivity contribution in [2.45, 2.75) is 18.2 Å². The molecule has 58 valence electrons. The molecule has 0 heterocycles. The van der Waals surface area contributed by atoms with Crippen LogP contribution in [0.15, 0.2) is 0 Å². The topological polar surface area (TPSA) is 26.0 Å². The zero-order chi connectivity index (χ0) is 6.41. The number of rotatable bonds is 4. The lowest BCUT2D eigenvalue weighted by molar-refractivity contribution is -0.00000167. The maximum absolute atomic E-state index is 5.66. The Kier molecular flexibility index (Phi) is 12.3. The number of hydrogen-bond donors (Lipinski definition) is 1. The largest absolute Gasteiger partial charge is 1.00 e. The summed E-state index contributed by atoms with van der Waals surface area (Å²) in [5.74, 6) is 0.684. The van der Waals surface area contributed by atoms with Gasteiger partial charge in [-0.2, -0.15) is 0 Å². The molecule has 0 aliphatic carbocycles. The number of alkyl halides is 2. The Morgan fingerprint density at radius 1 is 1.44 bits per heavy atom. The molecule has 2 N–H and O–H groups in total. The highest BCUT2D eigenvalue weighted by Gasteiger charge is 1.98. The summed E-state index contributed by atoms with van der Waals surface area (Å²) in [4.78, 5) is 0. The van der Waals surface area contributed by atoms with Crippen LogP contribution in [0.2, 0.25) is 0 Å². The van der Waals surface area contributed by atoms with Crippen molar-refractivity contribution in [3.8, 4) is 0 Å². The van der Waals surface area contributed by atoms with Crippen LogP contribution in [0.25, 0.3) is 0 Å². The Hall–Kier alpha value is 0.830. The summed E-state index contributed by atoms with van der Waals surface area (Å²) < 4.78 is 0. The molecule has 0 radical (unpaired) electrons. The molecule has 0 aromatic carbocycles. The number of nitrogens with two attached hydrogens (primary N) is 1. The van der Waals surface area contributed by atoms with Gasteiger partial charge in [-0.05, 0) is 12.8 Å². The van der Waals surface area contributed by atoms with Gasteiger partial charge < -0.3 is 18.1 Å². The van der Waals surface area contributed by atoms with Gasteiger partial charge in [0.2, 0.25) is 0 Å². The van der Waals surface area contributed by atoms with E-state index in [1.54, 1.807) is 0 Å². The van der Waals surface area contributed by atoms with Gasteiger partial charge in [0, 0.05) is 17.8 Å². The Morgan fingerprint density at radius 2 is 2.00 bits per heavy atom. The van der Waals surface area contributed by atoms with E-state index in [4.69, 9.17) is 28.9 Å². The Morgan fingerprint density at radius 3 is 2.33 bits per heavy atom. The SMILES string of the molecule is NCC(Cl)CCCCl.[Cl-]. The van der Waals surface area contributed by atoms with Crippen LogP contribution in [0, 0.1) is 0 Å². The first kappa shape index (κ1) is 12.5. The van der Waals surface area contributed by atoms with Crippen LogP contribution in [0.5, 0.6) is 0 Å². The van der Waals surface area contributed by atoms with Crippen LogP contribution in [0.4, 0.5) is 0 Å². The fraction of sp³-hybridized carbons (Fsp3) is 1.00.